The maximum absolute atomic E-state index is 12.9. The van der Waals surface area contributed by atoms with E-state index in [2.05, 4.69) is 0 Å². The van der Waals surface area contributed by atoms with E-state index in [-0.39, 0.29) is 24.7 Å². The van der Waals surface area contributed by atoms with Crippen molar-refractivity contribution in [2.24, 2.45) is 0 Å². The van der Waals surface area contributed by atoms with Crippen molar-refractivity contribution < 1.29 is 24.2 Å². The molecule has 1 saturated heterocycles. The lowest BCUT2D eigenvalue weighted by Crippen LogP contribution is -2.29. The molecule has 36 heavy (non-hydrogen) atoms. The predicted octanol–water partition coefficient (Wildman–Crippen LogP) is 5.48. The second-order valence-corrected chi connectivity index (χ2v) is 11.1. The normalized spacial score (nSPS) is 15.0. The van der Waals surface area contributed by atoms with E-state index in [1.165, 1.54) is 11.8 Å². The van der Waals surface area contributed by atoms with Gasteiger partial charge in [-0.3, -0.25) is 19.3 Å². The number of benzene rings is 1. The van der Waals surface area contributed by atoms with E-state index in [0.29, 0.717) is 46.4 Å². The number of carbonyl (C=O) groups excluding carboxylic acids is 2. The zero-order valence-electron chi connectivity index (χ0n) is 20.7. The molecule has 0 unspecified atom stereocenters. The van der Waals surface area contributed by atoms with Gasteiger partial charge in [0.1, 0.15) is 9.92 Å². The first-order valence-electron chi connectivity index (χ1n) is 11.8. The van der Waals surface area contributed by atoms with Crippen LogP contribution in [0.5, 0.6) is 0 Å². The van der Waals surface area contributed by atoms with E-state index in [0.717, 1.165) is 11.1 Å². The molecule has 9 heteroatoms. The molecule has 7 nitrogen and oxygen atoms in total. The number of amides is 1. The fraction of sp³-hybridized carbons (Fsp3) is 0.370. The number of carboxylic acids is 1. The number of rotatable bonds is 10. The van der Waals surface area contributed by atoms with E-state index in [9.17, 15) is 14.4 Å². The summed E-state index contributed by atoms with van der Waals surface area (Å²) in [4.78, 5) is 42.8. The topological polar surface area (TPSA) is 96.8 Å². The number of unbranched alkanes of at least 4 members (excludes halogenated alkanes) is 2. The third-order valence-electron chi connectivity index (χ3n) is 5.24. The van der Waals surface area contributed by atoms with Gasteiger partial charge in [0.05, 0.1) is 22.7 Å². The van der Waals surface area contributed by atoms with Crippen LogP contribution in [-0.2, 0) is 25.5 Å². The number of aromatic nitrogens is 1. The number of carbonyl (C=O) groups is 3. The molecule has 190 valence electrons. The van der Waals surface area contributed by atoms with Gasteiger partial charge in [0.25, 0.3) is 5.91 Å². The molecule has 0 atom stereocenters. The van der Waals surface area contributed by atoms with Crippen LogP contribution in [0.25, 0.3) is 17.3 Å². The number of hydrogen-bond donors (Lipinski definition) is 1. The third-order valence-corrected chi connectivity index (χ3v) is 6.62. The first-order valence-corrected chi connectivity index (χ1v) is 13.0. The molecule has 0 saturated carbocycles. The molecule has 1 aliphatic heterocycles. The standard InChI is InChI=1S/C27H30N2O5S2/c1-27(2,3)34-24(32)16-18-10-6-7-12-20(18)21-13-9-11-19(28-21)17-22-25(33)29(26(35)36-22)15-8-4-5-14-23(30)31/h6-7,9-13,17H,4-5,8,14-16H2,1-3H3,(H,30,31). The lowest BCUT2D eigenvalue weighted by Gasteiger charge is -2.20. The summed E-state index contributed by atoms with van der Waals surface area (Å²) in [7, 11) is 0. The van der Waals surface area contributed by atoms with Crippen LogP contribution in [-0.4, -0.2) is 49.3 Å². The number of hydrogen-bond acceptors (Lipinski definition) is 7. The highest BCUT2D eigenvalue weighted by molar-refractivity contribution is 8.26. The van der Waals surface area contributed by atoms with Crippen LogP contribution in [0.3, 0.4) is 0 Å². The van der Waals surface area contributed by atoms with E-state index in [1.807, 2.05) is 63.2 Å². The molecule has 0 aliphatic carbocycles. The van der Waals surface area contributed by atoms with Crippen molar-refractivity contribution in [2.45, 2.75) is 58.5 Å². The summed E-state index contributed by atoms with van der Waals surface area (Å²) in [5.41, 5.74) is 2.38. The summed E-state index contributed by atoms with van der Waals surface area (Å²) in [6, 6.07) is 13.1. The number of pyridine rings is 1. The Balaban J connectivity index is 1.73. The zero-order valence-corrected chi connectivity index (χ0v) is 22.3. The second-order valence-electron chi connectivity index (χ2n) is 9.41. The second kappa shape index (κ2) is 12.3. The van der Waals surface area contributed by atoms with Gasteiger partial charge in [-0.05, 0) is 57.4 Å². The Labute approximate surface area is 220 Å². The van der Waals surface area contributed by atoms with Gasteiger partial charge in [-0.25, -0.2) is 4.98 Å². The fourth-order valence-electron chi connectivity index (χ4n) is 3.69. The Morgan fingerprint density at radius 1 is 1.11 bits per heavy atom. The van der Waals surface area contributed by atoms with E-state index in [1.54, 1.807) is 11.0 Å². The summed E-state index contributed by atoms with van der Waals surface area (Å²) in [5, 5.41) is 8.75. The van der Waals surface area contributed by atoms with Crippen LogP contribution in [0, 0.1) is 0 Å². The van der Waals surface area contributed by atoms with Gasteiger partial charge < -0.3 is 9.84 Å². The van der Waals surface area contributed by atoms with Crippen LogP contribution in [0.15, 0.2) is 47.4 Å². The Morgan fingerprint density at radius 2 is 1.86 bits per heavy atom. The average molecular weight is 527 g/mol. The van der Waals surface area contributed by atoms with Crippen molar-refractivity contribution in [3.05, 3.63) is 58.6 Å². The van der Waals surface area contributed by atoms with Crippen molar-refractivity contribution in [1.29, 1.82) is 0 Å². The van der Waals surface area contributed by atoms with Gasteiger partial charge in [0.2, 0.25) is 0 Å². The monoisotopic (exact) mass is 526 g/mol. The van der Waals surface area contributed by atoms with Crippen LogP contribution < -0.4 is 0 Å². The van der Waals surface area contributed by atoms with Gasteiger partial charge in [-0.15, -0.1) is 0 Å². The van der Waals surface area contributed by atoms with Crippen LogP contribution in [0.2, 0.25) is 0 Å². The van der Waals surface area contributed by atoms with Gasteiger partial charge in [0, 0.05) is 18.5 Å². The van der Waals surface area contributed by atoms with Crippen LogP contribution in [0.4, 0.5) is 0 Å². The molecule has 1 amide bonds. The van der Waals surface area contributed by atoms with Gasteiger partial charge >= 0.3 is 11.9 Å². The minimum atomic E-state index is -0.814. The van der Waals surface area contributed by atoms with E-state index < -0.39 is 11.6 Å². The Hall–Kier alpha value is -3.04. The Kier molecular flexibility index (Phi) is 9.39. The molecule has 0 spiro atoms. The Bertz CT molecular complexity index is 1190. The predicted molar refractivity (Wildman–Crippen MR) is 145 cm³/mol. The summed E-state index contributed by atoms with van der Waals surface area (Å²) in [6.07, 6.45) is 3.96. The number of ether oxygens (including phenoxy) is 1. The lowest BCUT2D eigenvalue weighted by molar-refractivity contribution is -0.154. The first kappa shape index (κ1) is 27.5. The summed E-state index contributed by atoms with van der Waals surface area (Å²) >= 11 is 6.63. The fourth-order valence-corrected chi connectivity index (χ4v) is 4.98. The SMILES string of the molecule is CC(C)(C)OC(=O)Cc1ccccc1-c1cccc(C=C2SC(=S)N(CCCCCC(=O)O)C2=O)n1. The third kappa shape index (κ3) is 7.99. The van der Waals surface area contributed by atoms with E-state index in [4.69, 9.17) is 27.0 Å². The molecule has 2 heterocycles. The number of esters is 1. The van der Waals surface area contributed by atoms with Crippen molar-refractivity contribution in [3.8, 4) is 11.3 Å². The minimum absolute atomic E-state index is 0.126. The highest BCUT2D eigenvalue weighted by Crippen LogP contribution is 2.33. The van der Waals surface area contributed by atoms with Crippen LogP contribution in [0.1, 0.15) is 57.7 Å². The van der Waals surface area contributed by atoms with Gasteiger partial charge in [-0.2, -0.15) is 0 Å². The zero-order chi connectivity index (χ0) is 26.3. The molecular formula is C27H30N2O5S2. The van der Waals surface area contributed by atoms with Crippen molar-refractivity contribution in [1.82, 2.24) is 9.88 Å². The maximum Gasteiger partial charge on any atom is 0.310 e. The highest BCUT2D eigenvalue weighted by Gasteiger charge is 2.31. The molecule has 1 aliphatic rings. The molecular weight excluding hydrogens is 496 g/mol. The average Bonchev–Trinajstić information content (AvgIpc) is 3.05. The smallest absolute Gasteiger partial charge is 0.310 e. The quantitative estimate of drug-likeness (QED) is 0.188. The lowest BCUT2D eigenvalue weighted by atomic mass is 10.0. The minimum Gasteiger partial charge on any atom is -0.481 e. The first-order chi connectivity index (χ1) is 17.0. The van der Waals surface area contributed by atoms with Crippen molar-refractivity contribution in [2.75, 3.05) is 6.54 Å². The molecule has 2 aromatic rings. The molecule has 3 rings (SSSR count). The van der Waals surface area contributed by atoms with Crippen molar-refractivity contribution >= 4 is 52.2 Å². The highest BCUT2D eigenvalue weighted by atomic mass is 32.2. The summed E-state index contributed by atoms with van der Waals surface area (Å²) in [6.45, 7) is 5.98. The van der Waals surface area contributed by atoms with Gasteiger partial charge in [0.15, 0.2) is 0 Å². The number of thiocarbonyl (C=S) groups is 1. The van der Waals surface area contributed by atoms with Crippen LogP contribution >= 0.6 is 24.0 Å². The van der Waals surface area contributed by atoms with Gasteiger partial charge in [-0.1, -0.05) is 60.7 Å². The molecule has 1 aromatic carbocycles. The summed E-state index contributed by atoms with van der Waals surface area (Å²) in [5.74, 6) is -1.29. The van der Waals surface area contributed by atoms with E-state index >= 15 is 0 Å². The molecule has 0 bridgehead atoms. The molecule has 1 N–H and O–H groups in total. The molecule has 1 fully saturated rings. The summed E-state index contributed by atoms with van der Waals surface area (Å²) < 4.78 is 5.97. The number of nitrogens with zero attached hydrogens (tertiary/aromatic N) is 2. The largest absolute Gasteiger partial charge is 0.481 e. The molecule has 1 aromatic heterocycles. The number of aliphatic carboxylic acids is 1. The number of carboxylic acid groups (broad SMARTS) is 1. The maximum atomic E-state index is 12.9. The Morgan fingerprint density at radius 3 is 2.58 bits per heavy atom. The van der Waals surface area contributed by atoms with Crippen molar-refractivity contribution in [3.63, 3.8) is 0 Å². The number of thioether (sulfide) groups is 1. The molecule has 0 radical (unpaired) electrons.